The van der Waals surface area contributed by atoms with Crippen molar-refractivity contribution in [3.8, 4) is 5.69 Å². The van der Waals surface area contributed by atoms with Gasteiger partial charge in [-0.1, -0.05) is 42.8 Å². The molecule has 0 aliphatic heterocycles. The molecule has 0 amide bonds. The topological polar surface area (TPSA) is 77.1 Å². The van der Waals surface area contributed by atoms with Gasteiger partial charge in [-0.2, -0.15) is 9.78 Å². The molecule has 2 aromatic carbocycles. The van der Waals surface area contributed by atoms with E-state index in [0.717, 1.165) is 22.0 Å². The summed E-state index contributed by atoms with van der Waals surface area (Å²) in [5.74, 6) is -0.745. The van der Waals surface area contributed by atoms with Crippen molar-refractivity contribution in [2.45, 2.75) is 13.3 Å². The predicted molar refractivity (Wildman–Crippen MR) is 107 cm³/mol. The van der Waals surface area contributed by atoms with Gasteiger partial charge in [-0.3, -0.25) is 9.59 Å². The third-order valence-corrected chi connectivity index (χ3v) is 4.44. The number of hydrogen-bond acceptors (Lipinski definition) is 3. The van der Waals surface area contributed by atoms with Crippen molar-refractivity contribution in [2.24, 2.45) is 7.05 Å². The highest BCUT2D eigenvalue weighted by molar-refractivity contribution is 6.31. The van der Waals surface area contributed by atoms with Crippen LogP contribution in [-0.4, -0.2) is 25.4 Å². The van der Waals surface area contributed by atoms with Crippen LogP contribution >= 0.6 is 11.6 Å². The Morgan fingerprint density at radius 2 is 1.81 bits per heavy atom. The van der Waals surface area contributed by atoms with Gasteiger partial charge in [0.05, 0.1) is 17.4 Å². The van der Waals surface area contributed by atoms with E-state index in [9.17, 15) is 9.59 Å². The number of carbonyl (C=O) groups is 1. The molecule has 7 heteroatoms. The predicted octanol–water partition coefficient (Wildman–Crippen LogP) is 4.01. The average Bonchev–Trinajstić information content (AvgIpc) is 2.96. The number of carboxylic acids is 1. The summed E-state index contributed by atoms with van der Waals surface area (Å²) >= 11 is 6.07. The lowest BCUT2D eigenvalue weighted by Crippen LogP contribution is -2.22. The number of aliphatic carboxylic acids is 1. The summed E-state index contributed by atoms with van der Waals surface area (Å²) in [4.78, 5) is 22.2. The van der Waals surface area contributed by atoms with E-state index in [1.807, 2.05) is 60.1 Å². The molecule has 0 saturated heterocycles. The minimum Gasteiger partial charge on any atom is -0.481 e. The van der Waals surface area contributed by atoms with Crippen molar-refractivity contribution >= 4 is 39.4 Å². The highest BCUT2D eigenvalue weighted by Crippen LogP contribution is 2.27. The van der Waals surface area contributed by atoms with E-state index in [1.54, 1.807) is 13.1 Å². The summed E-state index contributed by atoms with van der Waals surface area (Å²) in [5, 5.41) is 14.5. The lowest BCUT2D eigenvalue weighted by Gasteiger charge is -2.04. The van der Waals surface area contributed by atoms with Gasteiger partial charge in [0, 0.05) is 29.3 Å². The Bertz CT molecular complexity index is 1180. The molecule has 2 aromatic heterocycles. The molecule has 6 nitrogen and oxygen atoms in total. The number of carboxylic acid groups (broad SMARTS) is 1. The highest BCUT2D eigenvalue weighted by atomic mass is 35.5. The molecular weight excluding hydrogens is 366 g/mol. The maximum atomic E-state index is 12.9. The minimum absolute atomic E-state index is 0.140. The van der Waals surface area contributed by atoms with Crippen LogP contribution in [0.25, 0.3) is 27.5 Å². The second kappa shape index (κ2) is 7.63. The van der Waals surface area contributed by atoms with Crippen molar-refractivity contribution in [3.05, 3.63) is 70.1 Å². The molecule has 0 spiro atoms. The van der Waals surface area contributed by atoms with Crippen LogP contribution in [0.15, 0.2) is 59.5 Å². The third-order valence-electron chi connectivity index (χ3n) is 4.20. The first-order valence-electron chi connectivity index (χ1n) is 8.37. The van der Waals surface area contributed by atoms with Crippen molar-refractivity contribution in [1.29, 1.82) is 0 Å². The molecule has 0 radical (unpaired) electrons. The number of aryl methyl sites for hydroxylation is 1. The van der Waals surface area contributed by atoms with Gasteiger partial charge in [0.25, 0.3) is 5.56 Å². The monoisotopic (exact) mass is 383 g/mol. The molecule has 0 saturated carbocycles. The Balaban J connectivity index is 0.000000376. The molecule has 0 aliphatic carbocycles. The zero-order chi connectivity index (χ0) is 19.6. The van der Waals surface area contributed by atoms with E-state index >= 15 is 0 Å². The molecule has 0 unspecified atom stereocenters. The second-order valence-corrected chi connectivity index (χ2v) is 6.36. The van der Waals surface area contributed by atoms with E-state index in [-0.39, 0.29) is 12.0 Å². The van der Waals surface area contributed by atoms with Gasteiger partial charge in [0.1, 0.15) is 5.52 Å². The van der Waals surface area contributed by atoms with Crippen LogP contribution in [0.4, 0.5) is 0 Å². The normalized spacial score (nSPS) is 10.6. The molecule has 2 heterocycles. The van der Waals surface area contributed by atoms with Gasteiger partial charge in [0.2, 0.25) is 0 Å². The van der Waals surface area contributed by atoms with Gasteiger partial charge in [-0.25, -0.2) is 0 Å². The number of hydrogen-bond donors (Lipinski definition) is 1. The van der Waals surface area contributed by atoms with Crippen molar-refractivity contribution < 1.29 is 9.90 Å². The molecule has 0 fully saturated rings. The summed E-state index contributed by atoms with van der Waals surface area (Å²) in [6, 6.07) is 15.0. The summed E-state index contributed by atoms with van der Waals surface area (Å²) in [6.07, 6.45) is 1.96. The fourth-order valence-electron chi connectivity index (χ4n) is 2.85. The van der Waals surface area contributed by atoms with Crippen molar-refractivity contribution in [3.63, 3.8) is 0 Å². The van der Waals surface area contributed by atoms with E-state index in [2.05, 4.69) is 5.10 Å². The second-order valence-electron chi connectivity index (χ2n) is 5.93. The first-order chi connectivity index (χ1) is 12.9. The summed E-state index contributed by atoms with van der Waals surface area (Å²) in [7, 11) is 1.87. The van der Waals surface area contributed by atoms with E-state index < -0.39 is 5.97 Å². The molecule has 27 heavy (non-hydrogen) atoms. The van der Waals surface area contributed by atoms with Gasteiger partial charge >= 0.3 is 5.97 Å². The van der Waals surface area contributed by atoms with Gasteiger partial charge < -0.3 is 9.67 Å². The molecule has 0 atom stereocenters. The lowest BCUT2D eigenvalue weighted by atomic mass is 10.2. The fraction of sp³-hybridized carbons (Fsp3) is 0.150. The average molecular weight is 384 g/mol. The maximum absolute atomic E-state index is 12.9. The Hall–Kier alpha value is -3.12. The molecule has 0 aliphatic rings. The van der Waals surface area contributed by atoms with Crippen LogP contribution in [0.2, 0.25) is 5.02 Å². The number of halogens is 1. The van der Waals surface area contributed by atoms with Crippen LogP contribution in [0.1, 0.15) is 13.3 Å². The Kier molecular flexibility index (Phi) is 5.28. The summed E-state index contributed by atoms with van der Waals surface area (Å²) in [6.45, 7) is 1.60. The smallest absolute Gasteiger partial charge is 0.303 e. The van der Waals surface area contributed by atoms with Crippen LogP contribution in [-0.2, 0) is 11.8 Å². The molecule has 1 N–H and O–H groups in total. The van der Waals surface area contributed by atoms with Crippen molar-refractivity contribution in [1.82, 2.24) is 14.3 Å². The van der Waals surface area contributed by atoms with Crippen LogP contribution in [0.3, 0.4) is 0 Å². The molecule has 0 bridgehead atoms. The molecule has 4 rings (SSSR count). The zero-order valence-corrected chi connectivity index (χ0v) is 15.6. The molecule has 138 valence electrons. The standard InChI is InChI=1S/C17H12ClN3O.C3H6O2/c1-20-15-9-11(18)7-8-13(15)14-10-19-21(17(22)16(14)20)12-5-3-2-4-6-12;1-2-3(4)5/h2-10H,1H3;2H2,1H3,(H,4,5). The largest absolute Gasteiger partial charge is 0.481 e. The van der Waals surface area contributed by atoms with Gasteiger partial charge in [0.15, 0.2) is 0 Å². The highest BCUT2D eigenvalue weighted by Gasteiger charge is 2.14. The lowest BCUT2D eigenvalue weighted by molar-refractivity contribution is -0.136. The van der Waals surface area contributed by atoms with Crippen LogP contribution < -0.4 is 5.56 Å². The summed E-state index contributed by atoms with van der Waals surface area (Å²) < 4.78 is 3.29. The minimum atomic E-state index is -0.745. The number of aromatic nitrogens is 3. The number of nitrogens with zero attached hydrogens (tertiary/aromatic N) is 3. The first-order valence-corrected chi connectivity index (χ1v) is 8.75. The maximum Gasteiger partial charge on any atom is 0.303 e. The van der Waals surface area contributed by atoms with E-state index in [1.165, 1.54) is 4.68 Å². The quantitative estimate of drug-likeness (QED) is 0.567. The van der Waals surface area contributed by atoms with Gasteiger partial charge in [-0.05, 0) is 24.3 Å². The fourth-order valence-corrected chi connectivity index (χ4v) is 3.02. The Labute approximate surface area is 160 Å². The van der Waals surface area contributed by atoms with Crippen molar-refractivity contribution in [2.75, 3.05) is 0 Å². The molecule has 4 aromatic rings. The Morgan fingerprint density at radius 1 is 1.15 bits per heavy atom. The SMILES string of the molecule is CCC(=O)O.Cn1c2cc(Cl)ccc2c2cnn(-c3ccccc3)c(=O)c21. The zero-order valence-electron chi connectivity index (χ0n) is 14.9. The molecular formula is C20H18ClN3O3. The number of rotatable bonds is 2. The number of fused-ring (bicyclic) bond motifs is 3. The Morgan fingerprint density at radius 3 is 2.44 bits per heavy atom. The first kappa shape index (κ1) is 18.7. The number of benzene rings is 2. The van der Waals surface area contributed by atoms with Gasteiger partial charge in [-0.15, -0.1) is 0 Å². The third kappa shape index (κ3) is 3.57. The summed E-state index contributed by atoms with van der Waals surface area (Å²) in [5.41, 5.74) is 2.15. The van der Waals surface area contributed by atoms with E-state index in [0.29, 0.717) is 10.5 Å². The number of para-hydroxylation sites is 1. The van der Waals surface area contributed by atoms with E-state index in [4.69, 9.17) is 16.7 Å². The van der Waals surface area contributed by atoms with Crippen LogP contribution in [0.5, 0.6) is 0 Å². The van der Waals surface area contributed by atoms with Crippen LogP contribution in [0, 0.1) is 0 Å².